The Labute approximate surface area is 176 Å². The molecular weight excluding hydrogens is 400 g/mol. The highest BCUT2D eigenvalue weighted by atomic mass is 16.6. The molecular formula is C22H16N4O5. The lowest BCUT2D eigenvalue weighted by molar-refractivity contribution is -0.384. The largest absolute Gasteiger partial charge is 0.497 e. The van der Waals surface area contributed by atoms with Gasteiger partial charge in [0.25, 0.3) is 5.69 Å². The zero-order valence-corrected chi connectivity index (χ0v) is 16.6. The first-order valence-corrected chi connectivity index (χ1v) is 9.11. The minimum absolute atomic E-state index is 0.0828. The number of methoxy groups -OCH3 is 2. The summed E-state index contributed by atoms with van der Waals surface area (Å²) in [5.74, 6) is 2.26. The van der Waals surface area contributed by atoms with Crippen LogP contribution >= 0.6 is 0 Å². The van der Waals surface area contributed by atoms with Crippen LogP contribution in [0.15, 0.2) is 52.9 Å². The van der Waals surface area contributed by atoms with E-state index in [4.69, 9.17) is 13.9 Å². The molecule has 9 heteroatoms. The number of fused-ring (bicyclic) bond motifs is 1. The van der Waals surface area contributed by atoms with Crippen LogP contribution in [0.5, 0.6) is 11.5 Å². The molecule has 0 radical (unpaired) electrons. The number of ether oxygens (including phenoxy) is 2. The number of hydrogen-bond donors (Lipinski definition) is 1. The predicted molar refractivity (Wildman–Crippen MR) is 113 cm³/mol. The molecule has 0 spiro atoms. The summed E-state index contributed by atoms with van der Waals surface area (Å²) in [6.45, 7) is 0. The number of H-pyrrole nitrogens is 1. The Balaban J connectivity index is 1.68. The van der Waals surface area contributed by atoms with Crippen molar-refractivity contribution in [3.63, 3.8) is 0 Å². The van der Waals surface area contributed by atoms with Crippen molar-refractivity contribution in [2.24, 2.45) is 0 Å². The molecule has 0 aliphatic carbocycles. The Morgan fingerprint density at radius 2 is 2.03 bits per heavy atom. The van der Waals surface area contributed by atoms with Gasteiger partial charge in [0.15, 0.2) is 0 Å². The van der Waals surface area contributed by atoms with E-state index in [1.54, 1.807) is 49.6 Å². The fourth-order valence-corrected chi connectivity index (χ4v) is 3.11. The van der Waals surface area contributed by atoms with Crippen LogP contribution in [-0.4, -0.2) is 29.1 Å². The number of imidazole rings is 1. The van der Waals surface area contributed by atoms with E-state index in [2.05, 4.69) is 16.0 Å². The highest BCUT2D eigenvalue weighted by Gasteiger charge is 2.16. The molecule has 4 aromatic rings. The van der Waals surface area contributed by atoms with Gasteiger partial charge >= 0.3 is 0 Å². The number of nitrogens with zero attached hydrogens (tertiary/aromatic N) is 3. The van der Waals surface area contributed by atoms with Gasteiger partial charge < -0.3 is 18.9 Å². The quantitative estimate of drug-likeness (QED) is 0.271. The lowest BCUT2D eigenvalue weighted by Gasteiger charge is -2.05. The molecule has 0 saturated carbocycles. The van der Waals surface area contributed by atoms with Crippen molar-refractivity contribution in [3.8, 4) is 28.9 Å². The Bertz CT molecular complexity index is 1360. The number of nitriles is 1. The van der Waals surface area contributed by atoms with Crippen LogP contribution in [0.25, 0.3) is 34.0 Å². The third-order valence-electron chi connectivity index (χ3n) is 4.64. The summed E-state index contributed by atoms with van der Waals surface area (Å²) in [4.78, 5) is 18.0. The van der Waals surface area contributed by atoms with Gasteiger partial charge in [-0.25, -0.2) is 4.98 Å². The first kappa shape index (κ1) is 19.7. The molecule has 2 aromatic heterocycles. The summed E-state index contributed by atoms with van der Waals surface area (Å²) in [6.07, 6.45) is 1.57. The van der Waals surface area contributed by atoms with Crippen molar-refractivity contribution >= 4 is 28.4 Å². The zero-order valence-electron chi connectivity index (χ0n) is 16.6. The van der Waals surface area contributed by atoms with Crippen LogP contribution in [0.3, 0.4) is 0 Å². The molecule has 0 bridgehead atoms. The van der Waals surface area contributed by atoms with Gasteiger partial charge in [-0.2, -0.15) is 5.26 Å². The predicted octanol–water partition coefficient (Wildman–Crippen LogP) is 4.81. The van der Waals surface area contributed by atoms with Gasteiger partial charge in [0.1, 0.15) is 34.9 Å². The number of aromatic amines is 1. The van der Waals surface area contributed by atoms with E-state index in [0.29, 0.717) is 39.9 Å². The normalized spacial score (nSPS) is 11.3. The second-order valence-corrected chi connectivity index (χ2v) is 6.48. The SMILES string of the molecule is COc1ccc2nc(/C(C#N)=C\c3ccc(-c4ccc([N+](=O)[O-])cc4OC)o3)[nH]c2c1. The van der Waals surface area contributed by atoms with Gasteiger partial charge in [0, 0.05) is 18.2 Å². The van der Waals surface area contributed by atoms with Crippen molar-refractivity contribution < 1.29 is 18.8 Å². The molecule has 1 N–H and O–H groups in total. The molecule has 0 aliphatic heterocycles. The van der Waals surface area contributed by atoms with Crippen LogP contribution in [0.2, 0.25) is 0 Å². The second kappa shape index (κ2) is 8.04. The van der Waals surface area contributed by atoms with Crippen molar-refractivity contribution in [2.75, 3.05) is 14.2 Å². The van der Waals surface area contributed by atoms with Crippen LogP contribution in [0.1, 0.15) is 11.6 Å². The van der Waals surface area contributed by atoms with E-state index in [-0.39, 0.29) is 11.3 Å². The number of furan rings is 1. The van der Waals surface area contributed by atoms with E-state index in [0.717, 1.165) is 5.52 Å². The van der Waals surface area contributed by atoms with E-state index in [1.807, 2.05) is 0 Å². The molecule has 9 nitrogen and oxygen atoms in total. The maximum atomic E-state index is 11.0. The lowest BCUT2D eigenvalue weighted by Crippen LogP contribution is -1.92. The molecule has 4 rings (SSSR count). The number of non-ortho nitro benzene ring substituents is 1. The molecule has 2 heterocycles. The Morgan fingerprint density at radius 3 is 2.74 bits per heavy atom. The van der Waals surface area contributed by atoms with Gasteiger partial charge in [0.05, 0.1) is 47.4 Å². The van der Waals surface area contributed by atoms with Gasteiger partial charge in [-0.15, -0.1) is 0 Å². The Morgan fingerprint density at radius 1 is 1.19 bits per heavy atom. The molecule has 0 fully saturated rings. The number of rotatable bonds is 6. The summed E-state index contributed by atoms with van der Waals surface area (Å²) < 4.78 is 16.3. The van der Waals surface area contributed by atoms with Gasteiger partial charge in [0.2, 0.25) is 0 Å². The van der Waals surface area contributed by atoms with Crippen LogP contribution in [0.4, 0.5) is 5.69 Å². The molecule has 0 saturated heterocycles. The minimum atomic E-state index is -0.495. The molecule has 0 atom stereocenters. The number of aromatic nitrogens is 2. The minimum Gasteiger partial charge on any atom is -0.497 e. The first-order valence-electron chi connectivity index (χ1n) is 9.11. The number of allylic oxidation sites excluding steroid dienone is 1. The third-order valence-corrected chi connectivity index (χ3v) is 4.64. The number of benzene rings is 2. The second-order valence-electron chi connectivity index (χ2n) is 6.48. The van der Waals surface area contributed by atoms with Crippen molar-refractivity contribution in [3.05, 3.63) is 70.2 Å². The molecule has 154 valence electrons. The van der Waals surface area contributed by atoms with Gasteiger partial charge in [-0.1, -0.05) is 0 Å². The van der Waals surface area contributed by atoms with Crippen molar-refractivity contribution in [1.29, 1.82) is 5.26 Å². The van der Waals surface area contributed by atoms with Crippen LogP contribution < -0.4 is 9.47 Å². The number of nitro groups is 1. The van der Waals surface area contributed by atoms with Crippen LogP contribution in [0, 0.1) is 21.4 Å². The van der Waals surface area contributed by atoms with E-state index >= 15 is 0 Å². The zero-order chi connectivity index (χ0) is 22.0. The molecule has 0 amide bonds. The summed E-state index contributed by atoms with van der Waals surface area (Å²) in [7, 11) is 3.00. The first-order chi connectivity index (χ1) is 15.0. The lowest BCUT2D eigenvalue weighted by atomic mass is 10.1. The number of hydrogen-bond acceptors (Lipinski definition) is 7. The monoisotopic (exact) mass is 416 g/mol. The van der Waals surface area contributed by atoms with E-state index in [9.17, 15) is 15.4 Å². The Hall–Kier alpha value is -4.58. The van der Waals surface area contributed by atoms with Gasteiger partial charge in [-0.05, 0) is 30.3 Å². The standard InChI is InChI=1S/C22H16N4O5/c1-29-15-4-7-18-19(11-15)25-22(24-18)13(12-23)9-16-5-8-20(31-16)17-6-3-14(26(27)28)10-21(17)30-2/h3-11H,1-2H3,(H,24,25)/b13-9-. The molecule has 0 unspecified atom stereocenters. The molecule has 0 aliphatic rings. The topological polar surface area (TPSA) is 127 Å². The average molecular weight is 416 g/mol. The number of nitro benzene ring substituents is 1. The summed E-state index contributed by atoms with van der Waals surface area (Å²) in [5, 5.41) is 20.6. The Kier molecular flexibility index (Phi) is 5.12. The average Bonchev–Trinajstić information content (AvgIpc) is 3.43. The molecule has 2 aromatic carbocycles. The maximum absolute atomic E-state index is 11.0. The fraction of sp³-hybridized carbons (Fsp3) is 0.0909. The highest BCUT2D eigenvalue weighted by Crippen LogP contribution is 2.35. The van der Waals surface area contributed by atoms with Gasteiger partial charge in [-0.3, -0.25) is 10.1 Å². The van der Waals surface area contributed by atoms with E-state index in [1.165, 1.54) is 19.2 Å². The third kappa shape index (κ3) is 3.82. The summed E-state index contributed by atoms with van der Waals surface area (Å²) in [5.41, 5.74) is 2.20. The number of nitrogens with one attached hydrogen (secondary N) is 1. The highest BCUT2D eigenvalue weighted by molar-refractivity contribution is 5.90. The fourth-order valence-electron chi connectivity index (χ4n) is 3.11. The summed E-state index contributed by atoms with van der Waals surface area (Å²) >= 11 is 0. The smallest absolute Gasteiger partial charge is 0.273 e. The molecule has 31 heavy (non-hydrogen) atoms. The van der Waals surface area contributed by atoms with E-state index < -0.39 is 4.92 Å². The summed E-state index contributed by atoms with van der Waals surface area (Å²) in [6, 6.07) is 15.2. The van der Waals surface area contributed by atoms with Crippen LogP contribution in [-0.2, 0) is 0 Å². The maximum Gasteiger partial charge on any atom is 0.273 e. The van der Waals surface area contributed by atoms with Crippen molar-refractivity contribution in [1.82, 2.24) is 9.97 Å². The van der Waals surface area contributed by atoms with Crippen molar-refractivity contribution in [2.45, 2.75) is 0 Å².